The number of aliphatic imine (C=N–C) groups is 1. The monoisotopic (exact) mass is 404 g/mol. The standard InChI is InChI=1S/C19H28N6O4/c1-13-23-10-14(11-24-13)29-12-16(26)15(25-18(27)19(2,3)28-4)6-5-9-22-17(21)7-8-20/h10-11,15H,5-7,9,12H2,1-4H3,(H2,21,22)(H,25,27). The fourth-order valence-electron chi connectivity index (χ4n) is 2.10. The Hall–Kier alpha value is -3.06. The highest BCUT2D eigenvalue weighted by Gasteiger charge is 2.31. The average Bonchev–Trinajstić information content (AvgIpc) is 2.69. The van der Waals surface area contributed by atoms with Gasteiger partial charge in [0.15, 0.2) is 11.5 Å². The number of nitriles is 1. The van der Waals surface area contributed by atoms with Crippen molar-refractivity contribution < 1.29 is 19.1 Å². The van der Waals surface area contributed by atoms with Gasteiger partial charge in [-0.3, -0.25) is 14.6 Å². The lowest BCUT2D eigenvalue weighted by molar-refractivity contribution is -0.142. The van der Waals surface area contributed by atoms with Crippen LogP contribution in [0.2, 0.25) is 0 Å². The number of aromatic nitrogens is 2. The maximum atomic E-state index is 12.6. The number of nitrogens with zero attached hydrogens (tertiary/aromatic N) is 4. The van der Waals surface area contributed by atoms with Crippen LogP contribution in [0.5, 0.6) is 5.75 Å². The van der Waals surface area contributed by atoms with Crippen LogP contribution in [0.1, 0.15) is 38.9 Å². The second-order valence-corrected chi connectivity index (χ2v) is 6.81. The summed E-state index contributed by atoms with van der Waals surface area (Å²) in [4.78, 5) is 37.1. The normalized spacial score (nSPS) is 12.7. The molecule has 1 unspecified atom stereocenters. The predicted molar refractivity (Wildman–Crippen MR) is 106 cm³/mol. The number of amides is 1. The quantitative estimate of drug-likeness (QED) is 0.293. The summed E-state index contributed by atoms with van der Waals surface area (Å²) in [6.45, 7) is 5.05. The fraction of sp³-hybridized carbons (Fsp3) is 0.579. The van der Waals surface area contributed by atoms with Gasteiger partial charge in [-0.2, -0.15) is 5.26 Å². The van der Waals surface area contributed by atoms with Gasteiger partial charge in [-0.05, 0) is 33.6 Å². The van der Waals surface area contributed by atoms with E-state index in [1.54, 1.807) is 20.8 Å². The molecule has 0 aliphatic rings. The van der Waals surface area contributed by atoms with E-state index < -0.39 is 17.6 Å². The number of ketones is 1. The Morgan fingerprint density at radius 3 is 2.62 bits per heavy atom. The number of hydrogen-bond donors (Lipinski definition) is 2. The third-order valence-electron chi connectivity index (χ3n) is 4.12. The summed E-state index contributed by atoms with van der Waals surface area (Å²) in [7, 11) is 1.42. The minimum atomic E-state index is -1.08. The van der Waals surface area contributed by atoms with E-state index in [2.05, 4.69) is 20.3 Å². The second kappa shape index (κ2) is 11.7. The molecule has 1 heterocycles. The van der Waals surface area contributed by atoms with Crippen LogP contribution >= 0.6 is 0 Å². The molecule has 10 heteroatoms. The summed E-state index contributed by atoms with van der Waals surface area (Å²) in [5.74, 6) is 0.471. The van der Waals surface area contributed by atoms with Crippen molar-refractivity contribution in [3.8, 4) is 11.8 Å². The number of methoxy groups -OCH3 is 1. The van der Waals surface area contributed by atoms with E-state index in [0.29, 0.717) is 31.0 Å². The second-order valence-electron chi connectivity index (χ2n) is 6.81. The van der Waals surface area contributed by atoms with Gasteiger partial charge in [0.05, 0.1) is 30.9 Å². The molecule has 1 rings (SSSR count). The van der Waals surface area contributed by atoms with Crippen molar-refractivity contribution in [3.63, 3.8) is 0 Å². The van der Waals surface area contributed by atoms with Crippen molar-refractivity contribution in [2.45, 2.75) is 51.7 Å². The summed E-state index contributed by atoms with van der Waals surface area (Å²) >= 11 is 0. The molecule has 158 valence electrons. The smallest absolute Gasteiger partial charge is 0.252 e. The minimum absolute atomic E-state index is 0.0492. The lowest BCUT2D eigenvalue weighted by Crippen LogP contribution is -2.51. The number of Topliss-reactive ketones (excluding diaryl/α,β-unsaturated/α-hetero) is 1. The van der Waals surface area contributed by atoms with Crippen LogP contribution in [0.4, 0.5) is 0 Å². The first kappa shape index (κ1) is 24.0. The maximum absolute atomic E-state index is 12.6. The van der Waals surface area contributed by atoms with Crippen LogP contribution in [0.25, 0.3) is 0 Å². The molecule has 10 nitrogen and oxygen atoms in total. The van der Waals surface area contributed by atoms with Gasteiger partial charge in [0, 0.05) is 13.7 Å². The van der Waals surface area contributed by atoms with Crippen LogP contribution < -0.4 is 15.8 Å². The predicted octanol–water partition coefficient (Wildman–Crippen LogP) is 0.694. The van der Waals surface area contributed by atoms with Crippen molar-refractivity contribution in [1.82, 2.24) is 15.3 Å². The molecule has 0 fully saturated rings. The number of amidine groups is 1. The van der Waals surface area contributed by atoms with E-state index in [4.69, 9.17) is 20.5 Å². The van der Waals surface area contributed by atoms with Crippen molar-refractivity contribution in [1.29, 1.82) is 5.26 Å². The molecule has 3 N–H and O–H groups in total. The summed E-state index contributed by atoms with van der Waals surface area (Å²) in [6.07, 6.45) is 3.83. The van der Waals surface area contributed by atoms with E-state index in [0.717, 1.165) is 0 Å². The van der Waals surface area contributed by atoms with Crippen molar-refractivity contribution in [3.05, 3.63) is 18.2 Å². The Labute approximate surface area is 170 Å². The molecule has 1 amide bonds. The van der Waals surface area contributed by atoms with Gasteiger partial charge >= 0.3 is 0 Å². The summed E-state index contributed by atoms with van der Waals surface area (Å²) in [6, 6.07) is 1.13. The van der Waals surface area contributed by atoms with Gasteiger partial charge in [-0.15, -0.1) is 0 Å². The van der Waals surface area contributed by atoms with E-state index in [9.17, 15) is 9.59 Å². The first-order valence-electron chi connectivity index (χ1n) is 9.15. The van der Waals surface area contributed by atoms with Crippen LogP contribution in [0.15, 0.2) is 17.4 Å². The molecule has 0 radical (unpaired) electrons. The first-order chi connectivity index (χ1) is 13.7. The lowest BCUT2D eigenvalue weighted by Gasteiger charge is -2.25. The highest BCUT2D eigenvalue weighted by atomic mass is 16.5. The molecule has 0 aromatic carbocycles. The van der Waals surface area contributed by atoms with E-state index in [1.807, 2.05) is 6.07 Å². The highest BCUT2D eigenvalue weighted by molar-refractivity contribution is 5.92. The first-order valence-corrected chi connectivity index (χ1v) is 9.15. The van der Waals surface area contributed by atoms with Crippen LogP contribution in [-0.2, 0) is 14.3 Å². The molecular formula is C19H28N6O4. The molecule has 1 atom stereocenters. The molecule has 0 bridgehead atoms. The van der Waals surface area contributed by atoms with Gasteiger partial charge in [0.25, 0.3) is 5.91 Å². The Kier molecular flexibility index (Phi) is 9.68. The third kappa shape index (κ3) is 8.66. The number of nitrogens with one attached hydrogen (secondary N) is 1. The molecule has 1 aromatic rings. The highest BCUT2D eigenvalue weighted by Crippen LogP contribution is 2.11. The topological polar surface area (TPSA) is 153 Å². The molecule has 0 saturated carbocycles. The fourth-order valence-corrected chi connectivity index (χ4v) is 2.10. The van der Waals surface area contributed by atoms with E-state index in [-0.39, 0.29) is 24.6 Å². The molecule has 29 heavy (non-hydrogen) atoms. The Morgan fingerprint density at radius 2 is 2.03 bits per heavy atom. The van der Waals surface area contributed by atoms with Crippen molar-refractivity contribution in [2.24, 2.45) is 10.7 Å². The van der Waals surface area contributed by atoms with Gasteiger partial charge in [-0.1, -0.05) is 0 Å². The number of hydrogen-bond acceptors (Lipinski definition) is 8. The number of carbonyl (C=O) groups is 2. The Bertz CT molecular complexity index is 755. The molecule has 1 aromatic heterocycles. The summed E-state index contributed by atoms with van der Waals surface area (Å²) in [5.41, 5.74) is 4.50. The number of rotatable bonds is 12. The molecule has 0 aliphatic heterocycles. The SMILES string of the molecule is COC(C)(C)C(=O)NC(CCCN=C(N)CC#N)C(=O)COc1cnc(C)nc1. The number of carbonyl (C=O) groups excluding carboxylic acids is 2. The van der Waals surface area contributed by atoms with Crippen molar-refractivity contribution >= 4 is 17.5 Å². The van der Waals surface area contributed by atoms with E-state index in [1.165, 1.54) is 19.5 Å². The van der Waals surface area contributed by atoms with E-state index >= 15 is 0 Å². The number of nitrogens with two attached hydrogens (primary N) is 1. The molecule has 0 saturated heterocycles. The van der Waals surface area contributed by atoms with Crippen LogP contribution in [0, 0.1) is 18.3 Å². The lowest BCUT2D eigenvalue weighted by atomic mass is 10.0. The summed E-state index contributed by atoms with van der Waals surface area (Å²) in [5, 5.41) is 11.3. The Morgan fingerprint density at radius 1 is 1.38 bits per heavy atom. The minimum Gasteiger partial charge on any atom is -0.483 e. The zero-order valence-corrected chi connectivity index (χ0v) is 17.3. The third-order valence-corrected chi connectivity index (χ3v) is 4.12. The van der Waals surface area contributed by atoms with Crippen molar-refractivity contribution in [2.75, 3.05) is 20.3 Å². The van der Waals surface area contributed by atoms with Crippen LogP contribution in [-0.4, -0.2) is 59.4 Å². The largest absolute Gasteiger partial charge is 0.483 e. The zero-order chi connectivity index (χ0) is 21.9. The zero-order valence-electron chi connectivity index (χ0n) is 17.3. The molecular weight excluding hydrogens is 376 g/mol. The summed E-state index contributed by atoms with van der Waals surface area (Å²) < 4.78 is 10.6. The average molecular weight is 404 g/mol. The van der Waals surface area contributed by atoms with Gasteiger partial charge in [-0.25, -0.2) is 9.97 Å². The number of ether oxygens (including phenoxy) is 2. The van der Waals surface area contributed by atoms with Gasteiger partial charge in [0.2, 0.25) is 0 Å². The molecule has 0 spiro atoms. The maximum Gasteiger partial charge on any atom is 0.252 e. The van der Waals surface area contributed by atoms with Gasteiger partial charge < -0.3 is 20.5 Å². The number of aryl methyl sites for hydroxylation is 1. The van der Waals surface area contributed by atoms with Crippen LogP contribution in [0.3, 0.4) is 0 Å². The Balaban J connectivity index is 2.73. The van der Waals surface area contributed by atoms with Gasteiger partial charge in [0.1, 0.15) is 23.9 Å². The molecule has 0 aliphatic carbocycles.